The Bertz CT molecular complexity index is 23.0. The van der Waals surface area contributed by atoms with Crippen LogP contribution in [0.1, 0.15) is 0 Å². The predicted molar refractivity (Wildman–Crippen MR) is 2.22 cm³/mol. The predicted octanol–water partition coefficient (Wildman–Crippen LogP) is -4.13. The monoisotopic (exact) mass is 293 g/mol. The maximum Gasteiger partial charge on any atom is 3.00 e. The SMILES string of the molecule is [Ir+3].[O-][Cl+3]([O-])([O-])O. The first kappa shape index (κ1) is 9.91. The molecule has 0 bridgehead atoms. The Hall–Kier alpha value is 0.779. The molecule has 0 aliphatic rings. The molecule has 6 heavy (non-hydrogen) atoms. The first-order valence-electron chi connectivity index (χ1n) is 0.632. The molecule has 0 aromatic rings. The molecule has 0 fully saturated rings. The van der Waals surface area contributed by atoms with E-state index in [1.165, 1.54) is 0 Å². The van der Waals surface area contributed by atoms with Crippen LogP contribution < -0.4 is 14.0 Å². The van der Waals surface area contributed by atoms with Crippen LogP contribution in [0.5, 0.6) is 0 Å². The molecule has 0 heterocycles. The van der Waals surface area contributed by atoms with E-state index in [1.807, 2.05) is 0 Å². The van der Waals surface area contributed by atoms with Gasteiger partial charge in [0.1, 0.15) is 0 Å². The van der Waals surface area contributed by atoms with Crippen molar-refractivity contribution in [3.63, 3.8) is 0 Å². The molecule has 4 nitrogen and oxygen atoms in total. The first-order valence-corrected chi connectivity index (χ1v) is 1.90. The molecule has 0 saturated heterocycles. The smallest absolute Gasteiger partial charge is 0.183 e. The third-order valence-corrected chi connectivity index (χ3v) is 0. The van der Waals surface area contributed by atoms with Crippen molar-refractivity contribution in [2.75, 3.05) is 0 Å². The van der Waals surface area contributed by atoms with Gasteiger partial charge in [-0.3, -0.25) is 0 Å². The van der Waals surface area contributed by atoms with E-state index >= 15 is 0 Å². The Kier molecular flexibility index (Phi) is 4.75. The van der Waals surface area contributed by atoms with Crippen molar-refractivity contribution in [3.05, 3.63) is 0 Å². The van der Waals surface area contributed by atoms with Gasteiger partial charge < -0.3 is 0 Å². The average Bonchev–Trinajstić information content (AvgIpc) is 0.722. The van der Waals surface area contributed by atoms with Gasteiger partial charge in [-0.1, -0.05) is 0 Å². The van der Waals surface area contributed by atoms with Crippen molar-refractivity contribution in [1.29, 1.82) is 0 Å². The average molecular weight is 293 g/mol. The molecule has 1 N–H and O–H groups in total. The molecule has 38 valence electrons. The topological polar surface area (TPSA) is 89.4 Å². The van der Waals surface area contributed by atoms with Crippen molar-refractivity contribution in [2.24, 2.45) is 0 Å². The fraction of sp³-hybridized carbons (Fsp3) is 0. The van der Waals surface area contributed by atoms with Gasteiger partial charge in [0.15, 0.2) is 0 Å². The van der Waals surface area contributed by atoms with Crippen LogP contribution in [0.25, 0.3) is 0 Å². The van der Waals surface area contributed by atoms with Gasteiger partial charge in [0.25, 0.3) is 0 Å². The molecule has 0 spiro atoms. The molecule has 0 atom stereocenters. The van der Waals surface area contributed by atoms with E-state index in [9.17, 15) is 0 Å². The summed E-state index contributed by atoms with van der Waals surface area (Å²) in [5.74, 6) is 0. The van der Waals surface area contributed by atoms with Crippen LogP contribution in [-0.2, 0) is 20.1 Å². The largest absolute Gasteiger partial charge is 3.00 e. The fourth-order valence-corrected chi connectivity index (χ4v) is 0. The first-order chi connectivity index (χ1) is 2.00. The van der Waals surface area contributed by atoms with E-state index < -0.39 is 10.2 Å². The van der Waals surface area contributed by atoms with E-state index in [0.717, 1.165) is 0 Å². The summed E-state index contributed by atoms with van der Waals surface area (Å²) in [5.41, 5.74) is 0. The summed E-state index contributed by atoms with van der Waals surface area (Å²) in [7, 11) is -4.69. The minimum absolute atomic E-state index is 0. The summed E-state index contributed by atoms with van der Waals surface area (Å²) < 4.78 is 32.7. The van der Waals surface area contributed by atoms with Gasteiger partial charge in [0.2, 0.25) is 0 Å². The van der Waals surface area contributed by atoms with Gasteiger partial charge >= 0.3 is 20.1 Å². The zero-order valence-electron chi connectivity index (χ0n) is 2.38. The van der Waals surface area contributed by atoms with Crippen LogP contribution in [0.3, 0.4) is 0 Å². The fourth-order valence-electron chi connectivity index (χ4n) is 0. The third-order valence-electron chi connectivity index (χ3n) is 0. The molecule has 0 saturated carbocycles. The molecular formula is HClIrO4+3. The summed E-state index contributed by atoms with van der Waals surface area (Å²) in [6.07, 6.45) is 0. The zero-order valence-corrected chi connectivity index (χ0v) is 5.53. The maximum absolute atomic E-state index is 8.60. The summed E-state index contributed by atoms with van der Waals surface area (Å²) in [5, 5.41) is 0. The van der Waals surface area contributed by atoms with Gasteiger partial charge in [0.05, 0.1) is 14.9 Å². The van der Waals surface area contributed by atoms with Crippen LogP contribution >= 0.6 is 0 Å². The minimum atomic E-state index is -4.69. The maximum atomic E-state index is 8.60. The second kappa shape index (κ2) is 2.87. The van der Waals surface area contributed by atoms with Gasteiger partial charge in [-0.25, -0.2) is 0 Å². The van der Waals surface area contributed by atoms with Crippen LogP contribution in [0, 0.1) is 10.2 Å². The van der Waals surface area contributed by atoms with Crippen LogP contribution in [-0.4, -0.2) is 4.66 Å². The Morgan fingerprint density at radius 3 is 1.17 bits per heavy atom. The summed E-state index contributed by atoms with van der Waals surface area (Å²) in [4.78, 5) is 0. The summed E-state index contributed by atoms with van der Waals surface area (Å²) in [6, 6.07) is 0. The van der Waals surface area contributed by atoms with Crippen molar-refractivity contribution < 1.29 is 49.0 Å². The summed E-state index contributed by atoms with van der Waals surface area (Å²) in [6.45, 7) is 0. The standard InChI is InChI=1S/ClHO4.Ir/c2-1(3,4)5;/h(H,2,3,4,5);/q;+3. The Morgan fingerprint density at radius 2 is 1.17 bits per heavy atom. The normalized spacial score (nSPS) is 10.0. The van der Waals surface area contributed by atoms with E-state index in [-0.39, 0.29) is 20.1 Å². The van der Waals surface area contributed by atoms with Crippen molar-refractivity contribution >= 4 is 0 Å². The number of hydrogen-bond acceptors (Lipinski definition) is 4. The third kappa shape index (κ3) is 112. The molecule has 0 aromatic heterocycles. The molecular weight excluding hydrogens is 292 g/mol. The van der Waals surface area contributed by atoms with E-state index in [2.05, 4.69) is 0 Å². The second-order valence-electron chi connectivity index (χ2n) is 0.396. The Labute approximate surface area is 49.5 Å². The molecule has 0 aliphatic carbocycles. The van der Waals surface area contributed by atoms with E-state index in [4.69, 9.17) is 18.6 Å². The number of hydrogen-bond donors (Lipinski definition) is 1. The molecule has 0 unspecified atom stereocenters. The van der Waals surface area contributed by atoms with E-state index in [1.54, 1.807) is 0 Å². The zero-order chi connectivity index (χ0) is 4.50. The molecule has 0 aliphatic heterocycles. The molecule has 0 aromatic carbocycles. The Morgan fingerprint density at radius 1 is 1.17 bits per heavy atom. The molecule has 0 radical (unpaired) electrons. The molecule has 0 rings (SSSR count). The molecule has 6 heteroatoms. The quantitative estimate of drug-likeness (QED) is 0.491. The van der Waals surface area contributed by atoms with Crippen molar-refractivity contribution in [2.45, 2.75) is 0 Å². The van der Waals surface area contributed by atoms with Gasteiger partial charge in [-0.2, -0.15) is 14.0 Å². The second-order valence-corrected chi connectivity index (χ2v) is 1.19. The number of halogens is 1. The van der Waals surface area contributed by atoms with E-state index in [0.29, 0.717) is 0 Å². The van der Waals surface area contributed by atoms with Crippen LogP contribution in [0.15, 0.2) is 0 Å². The Balaban J connectivity index is 0. The molecule has 0 amide bonds. The van der Waals surface area contributed by atoms with Crippen molar-refractivity contribution in [3.8, 4) is 0 Å². The van der Waals surface area contributed by atoms with Crippen LogP contribution in [0.2, 0.25) is 0 Å². The summed E-state index contributed by atoms with van der Waals surface area (Å²) >= 11 is 0. The van der Waals surface area contributed by atoms with Crippen LogP contribution in [0.4, 0.5) is 0 Å². The minimum Gasteiger partial charge on any atom is -0.183 e. The van der Waals surface area contributed by atoms with Gasteiger partial charge in [-0.05, 0) is 0 Å². The number of rotatable bonds is 0. The van der Waals surface area contributed by atoms with Gasteiger partial charge in [0, 0.05) is 0 Å². The van der Waals surface area contributed by atoms with Gasteiger partial charge in [-0.15, -0.1) is 0 Å². The van der Waals surface area contributed by atoms with Crippen molar-refractivity contribution in [1.82, 2.24) is 0 Å².